The van der Waals surface area contributed by atoms with Crippen LogP contribution >= 0.6 is 11.6 Å². The van der Waals surface area contributed by atoms with Gasteiger partial charge in [-0.1, -0.05) is 0 Å². The molecule has 2 heterocycles. The van der Waals surface area contributed by atoms with Crippen LogP contribution in [0.1, 0.15) is 45.0 Å². The fraction of sp³-hybridized carbons (Fsp3) is 0.435. The molecular formula is C23H24ClNO11S. The summed E-state index contributed by atoms with van der Waals surface area (Å²) in [7, 11) is -4.02. The van der Waals surface area contributed by atoms with Gasteiger partial charge >= 0.3 is 23.9 Å². The average Bonchev–Trinajstić information content (AvgIpc) is 2.73. The highest BCUT2D eigenvalue weighted by Crippen LogP contribution is 2.40. The SMILES string of the molecule is CC(=O)Oc1ccc(C(=O)OCC2=C(C(=O)OC(C)(C)C)N3C(=O)[C@H](Cl)C3S(=O)(=O)C2)c(OC(C)=O)c1. The van der Waals surface area contributed by atoms with Gasteiger partial charge in [0.1, 0.15) is 40.3 Å². The summed E-state index contributed by atoms with van der Waals surface area (Å²) in [5.41, 5.74) is -1.78. The van der Waals surface area contributed by atoms with Crippen molar-refractivity contribution in [2.24, 2.45) is 0 Å². The minimum atomic E-state index is -4.02. The molecule has 200 valence electrons. The normalized spacial score (nSPS) is 20.4. The number of β-lactam (4-membered cyclic amide) rings is 1. The van der Waals surface area contributed by atoms with Crippen LogP contribution in [0.2, 0.25) is 0 Å². The van der Waals surface area contributed by atoms with E-state index in [1.54, 1.807) is 20.8 Å². The molecule has 0 spiro atoms. The fourth-order valence-electron chi connectivity index (χ4n) is 3.63. The Bertz CT molecular complexity index is 1330. The summed E-state index contributed by atoms with van der Waals surface area (Å²) in [6.07, 6.45) is 0. The summed E-state index contributed by atoms with van der Waals surface area (Å²) in [4.78, 5) is 61.7. The molecule has 37 heavy (non-hydrogen) atoms. The number of esters is 4. The molecule has 0 saturated carbocycles. The van der Waals surface area contributed by atoms with Crippen LogP contribution in [0.3, 0.4) is 0 Å². The Morgan fingerprint density at radius 1 is 1.05 bits per heavy atom. The van der Waals surface area contributed by atoms with Crippen LogP contribution in [0.5, 0.6) is 11.5 Å². The Kier molecular flexibility index (Phi) is 7.70. The maximum Gasteiger partial charge on any atom is 0.355 e. The molecule has 1 unspecified atom stereocenters. The molecule has 0 N–H and O–H groups in total. The van der Waals surface area contributed by atoms with Gasteiger partial charge in [0, 0.05) is 25.5 Å². The lowest BCUT2D eigenvalue weighted by molar-refractivity contribution is -0.157. The molecule has 0 aliphatic carbocycles. The predicted molar refractivity (Wildman–Crippen MR) is 126 cm³/mol. The van der Waals surface area contributed by atoms with Crippen molar-refractivity contribution in [1.82, 2.24) is 4.90 Å². The second-order valence-corrected chi connectivity index (χ2v) is 11.8. The molecule has 1 aromatic rings. The van der Waals surface area contributed by atoms with Crippen LogP contribution in [0.25, 0.3) is 0 Å². The lowest BCUT2D eigenvalue weighted by Gasteiger charge is -2.47. The maximum absolute atomic E-state index is 12.9. The molecule has 0 bridgehead atoms. The predicted octanol–water partition coefficient (Wildman–Crippen LogP) is 1.49. The molecule has 3 rings (SSSR count). The van der Waals surface area contributed by atoms with Crippen molar-refractivity contribution in [1.29, 1.82) is 0 Å². The van der Waals surface area contributed by atoms with Crippen LogP contribution in [0, 0.1) is 0 Å². The number of nitrogens with zero attached hydrogens (tertiary/aromatic N) is 1. The molecular weight excluding hydrogens is 534 g/mol. The fourth-order valence-corrected chi connectivity index (χ4v) is 6.20. The summed E-state index contributed by atoms with van der Waals surface area (Å²) in [5, 5.41) is -2.82. The number of halogens is 1. The van der Waals surface area contributed by atoms with Gasteiger partial charge in [0.15, 0.2) is 15.2 Å². The number of carbonyl (C=O) groups excluding carboxylic acids is 5. The summed E-state index contributed by atoms with van der Waals surface area (Å²) in [6.45, 7) is 6.29. The highest BCUT2D eigenvalue weighted by atomic mass is 35.5. The molecule has 0 aromatic heterocycles. The number of carbonyl (C=O) groups is 5. The van der Waals surface area contributed by atoms with E-state index in [1.807, 2.05) is 0 Å². The summed E-state index contributed by atoms with van der Waals surface area (Å²) >= 11 is 5.92. The zero-order chi connectivity index (χ0) is 27.9. The zero-order valence-corrected chi connectivity index (χ0v) is 22.1. The van der Waals surface area contributed by atoms with E-state index in [0.717, 1.165) is 24.8 Å². The molecule has 14 heteroatoms. The first-order valence-electron chi connectivity index (χ1n) is 10.8. The second kappa shape index (κ2) is 10.1. The second-order valence-electron chi connectivity index (χ2n) is 9.18. The first-order chi connectivity index (χ1) is 17.0. The van der Waals surface area contributed by atoms with Crippen molar-refractivity contribution >= 4 is 51.2 Å². The molecule has 2 aliphatic rings. The number of ether oxygens (including phenoxy) is 4. The third-order valence-corrected chi connectivity index (χ3v) is 7.50. The number of benzene rings is 1. The van der Waals surface area contributed by atoms with Crippen LogP contribution < -0.4 is 9.47 Å². The van der Waals surface area contributed by atoms with E-state index in [9.17, 15) is 32.4 Å². The number of hydrogen-bond donors (Lipinski definition) is 0. The first-order valence-corrected chi connectivity index (χ1v) is 13.0. The minimum Gasteiger partial charge on any atom is -0.457 e. The monoisotopic (exact) mass is 557 g/mol. The quantitative estimate of drug-likeness (QED) is 0.216. The third-order valence-electron chi connectivity index (χ3n) is 4.96. The number of amides is 1. The van der Waals surface area contributed by atoms with Crippen molar-refractivity contribution in [3.8, 4) is 11.5 Å². The third kappa shape index (κ3) is 6.10. The first kappa shape index (κ1) is 28.1. The molecule has 1 fully saturated rings. The van der Waals surface area contributed by atoms with E-state index in [-0.39, 0.29) is 28.3 Å². The number of sulfone groups is 1. The lowest BCUT2D eigenvalue weighted by atomic mass is 10.1. The van der Waals surface area contributed by atoms with E-state index in [4.69, 9.17) is 30.5 Å². The smallest absolute Gasteiger partial charge is 0.355 e. The largest absolute Gasteiger partial charge is 0.457 e. The molecule has 2 aliphatic heterocycles. The van der Waals surface area contributed by atoms with Gasteiger partial charge in [-0.25, -0.2) is 18.0 Å². The van der Waals surface area contributed by atoms with Gasteiger partial charge in [-0.05, 0) is 32.9 Å². The Morgan fingerprint density at radius 3 is 2.24 bits per heavy atom. The van der Waals surface area contributed by atoms with Crippen LogP contribution in [-0.2, 0) is 38.5 Å². The van der Waals surface area contributed by atoms with Gasteiger partial charge in [0.25, 0.3) is 0 Å². The van der Waals surface area contributed by atoms with Crippen molar-refractivity contribution in [3.63, 3.8) is 0 Å². The Hall–Kier alpha value is -3.45. The molecule has 12 nitrogen and oxygen atoms in total. The summed E-state index contributed by atoms with van der Waals surface area (Å²) < 4.78 is 46.1. The minimum absolute atomic E-state index is 0.00781. The van der Waals surface area contributed by atoms with Crippen molar-refractivity contribution in [2.75, 3.05) is 12.4 Å². The highest BCUT2D eigenvalue weighted by Gasteiger charge is 2.59. The van der Waals surface area contributed by atoms with E-state index in [1.165, 1.54) is 12.1 Å². The van der Waals surface area contributed by atoms with Crippen molar-refractivity contribution in [2.45, 2.75) is 51.0 Å². The topological polar surface area (TPSA) is 160 Å². The van der Waals surface area contributed by atoms with Gasteiger partial charge in [-0.15, -0.1) is 11.6 Å². The molecule has 0 radical (unpaired) electrons. The Labute approximate surface area is 217 Å². The molecule has 1 saturated heterocycles. The maximum atomic E-state index is 12.9. The van der Waals surface area contributed by atoms with Crippen molar-refractivity contribution < 1.29 is 51.3 Å². The van der Waals surface area contributed by atoms with E-state index < -0.39 is 68.3 Å². The van der Waals surface area contributed by atoms with Crippen molar-refractivity contribution in [3.05, 3.63) is 35.0 Å². The average molecular weight is 558 g/mol. The highest BCUT2D eigenvalue weighted by molar-refractivity contribution is 7.92. The zero-order valence-electron chi connectivity index (χ0n) is 20.5. The van der Waals surface area contributed by atoms with Gasteiger partial charge in [-0.2, -0.15) is 0 Å². The van der Waals surface area contributed by atoms with Gasteiger partial charge in [0.2, 0.25) is 5.91 Å². The molecule has 1 amide bonds. The van der Waals surface area contributed by atoms with Crippen LogP contribution in [0.4, 0.5) is 0 Å². The van der Waals surface area contributed by atoms with Crippen LogP contribution in [-0.4, -0.2) is 71.8 Å². The van der Waals surface area contributed by atoms with E-state index >= 15 is 0 Å². The van der Waals surface area contributed by atoms with Gasteiger partial charge in [0.05, 0.1) is 5.75 Å². The number of rotatable bonds is 6. The number of alkyl halides is 1. The van der Waals surface area contributed by atoms with Crippen LogP contribution in [0.15, 0.2) is 29.5 Å². The van der Waals surface area contributed by atoms with E-state index in [2.05, 4.69) is 0 Å². The standard InChI is InChI=1S/C23H24ClNO11S/c1-11(26)34-14-6-7-15(16(8-14)35-12(2)27)21(29)33-9-13-10-37(31,32)20-17(24)19(28)25(20)18(13)22(30)36-23(3,4)5/h6-8,17,20H,9-10H2,1-5H3/t17-,20?/m0/s1. The lowest BCUT2D eigenvalue weighted by Crippen LogP contribution is -2.68. The molecule has 2 atom stereocenters. The van der Waals surface area contributed by atoms with Gasteiger partial charge in [-0.3, -0.25) is 19.3 Å². The summed E-state index contributed by atoms with van der Waals surface area (Å²) in [5.74, 6) is -5.27. The summed E-state index contributed by atoms with van der Waals surface area (Å²) in [6, 6.07) is 3.55. The van der Waals surface area contributed by atoms with E-state index in [0.29, 0.717) is 0 Å². The van der Waals surface area contributed by atoms with Gasteiger partial charge < -0.3 is 18.9 Å². The number of fused-ring (bicyclic) bond motifs is 1. The Morgan fingerprint density at radius 2 is 1.68 bits per heavy atom. The molecule has 1 aromatic carbocycles. The Balaban J connectivity index is 1.95. The number of hydrogen-bond acceptors (Lipinski definition) is 11.